The molecule has 0 spiro atoms. The first-order valence-electron chi connectivity index (χ1n) is 7.40. The van der Waals surface area contributed by atoms with Gasteiger partial charge in [-0.25, -0.2) is 0 Å². The molecular weight excluding hydrogens is 234 g/mol. The highest BCUT2D eigenvalue weighted by atomic mass is 15.2. The summed E-state index contributed by atoms with van der Waals surface area (Å²) in [5.74, 6) is 0. The van der Waals surface area contributed by atoms with Crippen LogP contribution in [0, 0.1) is 0 Å². The SMILES string of the molecule is CCCN1CCCC(N)C1c1ccc(N(C)C)cc1. The van der Waals surface area contributed by atoms with Crippen molar-refractivity contribution in [1.29, 1.82) is 0 Å². The minimum absolute atomic E-state index is 0.269. The molecule has 0 aliphatic carbocycles. The van der Waals surface area contributed by atoms with E-state index in [0.717, 1.165) is 13.0 Å². The van der Waals surface area contributed by atoms with Gasteiger partial charge in [0.2, 0.25) is 0 Å². The van der Waals surface area contributed by atoms with Gasteiger partial charge in [0.05, 0.1) is 0 Å². The van der Waals surface area contributed by atoms with Gasteiger partial charge in [-0.3, -0.25) is 4.90 Å². The van der Waals surface area contributed by atoms with E-state index in [0.29, 0.717) is 6.04 Å². The van der Waals surface area contributed by atoms with Crippen LogP contribution in [0.2, 0.25) is 0 Å². The normalized spacial score (nSPS) is 24.4. The molecule has 0 radical (unpaired) electrons. The maximum atomic E-state index is 6.38. The number of hydrogen-bond donors (Lipinski definition) is 1. The Morgan fingerprint density at radius 2 is 1.95 bits per heavy atom. The zero-order valence-corrected chi connectivity index (χ0v) is 12.5. The molecule has 1 aromatic rings. The summed E-state index contributed by atoms with van der Waals surface area (Å²) in [4.78, 5) is 4.69. The molecule has 1 aliphatic rings. The summed E-state index contributed by atoms with van der Waals surface area (Å²) >= 11 is 0. The standard InChI is InChI=1S/C16H27N3/c1-4-11-19-12-5-6-15(17)16(19)13-7-9-14(10-8-13)18(2)3/h7-10,15-16H,4-6,11-12,17H2,1-3H3. The van der Waals surface area contributed by atoms with Crippen molar-refractivity contribution in [2.45, 2.75) is 38.3 Å². The molecule has 2 rings (SSSR count). The number of rotatable bonds is 4. The second kappa shape index (κ2) is 6.40. The molecule has 19 heavy (non-hydrogen) atoms. The number of hydrogen-bond acceptors (Lipinski definition) is 3. The molecule has 3 nitrogen and oxygen atoms in total. The highest BCUT2D eigenvalue weighted by Gasteiger charge is 2.29. The molecular formula is C16H27N3. The minimum atomic E-state index is 0.269. The molecule has 1 fully saturated rings. The molecule has 106 valence electrons. The maximum absolute atomic E-state index is 6.38. The lowest BCUT2D eigenvalue weighted by molar-refractivity contribution is 0.128. The van der Waals surface area contributed by atoms with Crippen LogP contribution in [0.5, 0.6) is 0 Å². The number of likely N-dealkylation sites (tertiary alicyclic amines) is 1. The van der Waals surface area contributed by atoms with E-state index in [4.69, 9.17) is 5.73 Å². The van der Waals surface area contributed by atoms with E-state index < -0.39 is 0 Å². The highest BCUT2D eigenvalue weighted by molar-refractivity contribution is 5.46. The lowest BCUT2D eigenvalue weighted by atomic mass is 9.90. The van der Waals surface area contributed by atoms with Crippen molar-refractivity contribution in [3.05, 3.63) is 29.8 Å². The summed E-state index contributed by atoms with van der Waals surface area (Å²) < 4.78 is 0. The van der Waals surface area contributed by atoms with E-state index in [9.17, 15) is 0 Å². The number of benzene rings is 1. The van der Waals surface area contributed by atoms with Gasteiger partial charge in [0.1, 0.15) is 0 Å². The van der Waals surface area contributed by atoms with Gasteiger partial charge in [0, 0.05) is 31.9 Å². The van der Waals surface area contributed by atoms with Gasteiger partial charge in [-0.2, -0.15) is 0 Å². The third-order valence-corrected chi connectivity index (χ3v) is 4.04. The summed E-state index contributed by atoms with van der Waals surface area (Å²) in [5.41, 5.74) is 8.99. The number of anilines is 1. The van der Waals surface area contributed by atoms with Gasteiger partial charge < -0.3 is 10.6 Å². The average Bonchev–Trinajstić information content (AvgIpc) is 2.39. The van der Waals surface area contributed by atoms with Crippen molar-refractivity contribution in [3.63, 3.8) is 0 Å². The lowest BCUT2D eigenvalue weighted by Crippen LogP contribution is -2.46. The van der Waals surface area contributed by atoms with Crippen LogP contribution in [0.1, 0.15) is 37.8 Å². The van der Waals surface area contributed by atoms with Crippen molar-refractivity contribution < 1.29 is 0 Å². The Hall–Kier alpha value is -1.06. The fourth-order valence-corrected chi connectivity index (χ4v) is 3.06. The largest absolute Gasteiger partial charge is 0.378 e. The number of piperidine rings is 1. The topological polar surface area (TPSA) is 32.5 Å². The van der Waals surface area contributed by atoms with Gasteiger partial charge in [-0.15, -0.1) is 0 Å². The lowest BCUT2D eigenvalue weighted by Gasteiger charge is -2.40. The van der Waals surface area contributed by atoms with Gasteiger partial charge in [0.25, 0.3) is 0 Å². The smallest absolute Gasteiger partial charge is 0.0499 e. The van der Waals surface area contributed by atoms with Crippen molar-refractivity contribution in [1.82, 2.24) is 4.90 Å². The van der Waals surface area contributed by atoms with E-state index in [-0.39, 0.29) is 6.04 Å². The Kier molecular flexibility index (Phi) is 4.83. The Morgan fingerprint density at radius 3 is 2.53 bits per heavy atom. The van der Waals surface area contributed by atoms with Crippen LogP contribution in [0.15, 0.2) is 24.3 Å². The van der Waals surface area contributed by atoms with Crippen LogP contribution >= 0.6 is 0 Å². The molecule has 0 aromatic heterocycles. The molecule has 1 saturated heterocycles. The number of nitrogens with two attached hydrogens (primary N) is 1. The Labute approximate surface area is 117 Å². The summed E-state index contributed by atoms with van der Waals surface area (Å²) in [6.07, 6.45) is 3.56. The van der Waals surface area contributed by atoms with E-state index in [1.165, 1.54) is 30.6 Å². The quantitative estimate of drug-likeness (QED) is 0.904. The molecule has 3 heteroatoms. The van der Waals surface area contributed by atoms with Gasteiger partial charge in [0.15, 0.2) is 0 Å². The first-order chi connectivity index (χ1) is 9.13. The molecule has 1 heterocycles. The van der Waals surface area contributed by atoms with Crippen molar-refractivity contribution in [2.75, 3.05) is 32.1 Å². The predicted octanol–water partition coefficient (Wildman–Crippen LogP) is 2.63. The highest BCUT2D eigenvalue weighted by Crippen LogP contribution is 2.31. The third-order valence-electron chi connectivity index (χ3n) is 4.04. The van der Waals surface area contributed by atoms with E-state index in [1.807, 2.05) is 0 Å². The predicted molar refractivity (Wildman–Crippen MR) is 82.6 cm³/mol. The summed E-state index contributed by atoms with van der Waals surface area (Å²) in [6, 6.07) is 9.54. The van der Waals surface area contributed by atoms with E-state index >= 15 is 0 Å². The fraction of sp³-hybridized carbons (Fsp3) is 0.625. The second-order valence-corrected chi connectivity index (χ2v) is 5.77. The number of nitrogens with zero attached hydrogens (tertiary/aromatic N) is 2. The van der Waals surface area contributed by atoms with Gasteiger partial charge in [-0.1, -0.05) is 19.1 Å². The summed E-state index contributed by atoms with van der Waals surface area (Å²) in [7, 11) is 4.15. The van der Waals surface area contributed by atoms with E-state index in [1.54, 1.807) is 0 Å². The fourth-order valence-electron chi connectivity index (χ4n) is 3.06. The first kappa shape index (κ1) is 14.4. The van der Waals surface area contributed by atoms with Crippen LogP contribution < -0.4 is 10.6 Å². The molecule has 0 bridgehead atoms. The zero-order chi connectivity index (χ0) is 13.8. The van der Waals surface area contributed by atoms with Crippen molar-refractivity contribution in [2.24, 2.45) is 5.73 Å². The average molecular weight is 261 g/mol. The van der Waals surface area contributed by atoms with E-state index in [2.05, 4.69) is 55.1 Å². The zero-order valence-electron chi connectivity index (χ0n) is 12.5. The van der Waals surface area contributed by atoms with Crippen LogP contribution in [-0.2, 0) is 0 Å². The Morgan fingerprint density at radius 1 is 1.26 bits per heavy atom. The summed E-state index contributed by atoms with van der Waals surface area (Å²) in [5, 5.41) is 0. The molecule has 2 atom stereocenters. The molecule has 1 aromatic carbocycles. The maximum Gasteiger partial charge on any atom is 0.0499 e. The van der Waals surface area contributed by atoms with Gasteiger partial charge in [-0.05, 0) is 50.0 Å². The van der Waals surface area contributed by atoms with Crippen molar-refractivity contribution >= 4 is 5.69 Å². The molecule has 1 aliphatic heterocycles. The van der Waals surface area contributed by atoms with Gasteiger partial charge >= 0.3 is 0 Å². The molecule has 0 saturated carbocycles. The third kappa shape index (κ3) is 3.28. The van der Waals surface area contributed by atoms with Crippen molar-refractivity contribution in [3.8, 4) is 0 Å². The first-order valence-corrected chi connectivity index (χ1v) is 7.40. The Bertz CT molecular complexity index is 383. The Balaban J connectivity index is 2.20. The molecule has 0 amide bonds. The van der Waals surface area contributed by atoms with Crippen LogP contribution in [0.3, 0.4) is 0 Å². The minimum Gasteiger partial charge on any atom is -0.378 e. The second-order valence-electron chi connectivity index (χ2n) is 5.77. The molecule has 2 N–H and O–H groups in total. The van der Waals surface area contributed by atoms with Crippen LogP contribution in [0.25, 0.3) is 0 Å². The van der Waals surface area contributed by atoms with Crippen LogP contribution in [-0.4, -0.2) is 38.1 Å². The van der Waals surface area contributed by atoms with Crippen LogP contribution in [0.4, 0.5) is 5.69 Å². The molecule has 2 unspecified atom stereocenters. The summed E-state index contributed by atoms with van der Waals surface area (Å²) in [6.45, 7) is 4.57. The monoisotopic (exact) mass is 261 g/mol.